The van der Waals surface area contributed by atoms with Crippen LogP contribution in [0.1, 0.15) is 32.1 Å². The third-order valence-corrected chi connectivity index (χ3v) is 4.68. The molecular formula is C15H26N6. The summed E-state index contributed by atoms with van der Waals surface area (Å²) in [6.45, 7) is 4.69. The number of nitrogens with two attached hydrogens (primary N) is 1. The van der Waals surface area contributed by atoms with E-state index in [1.807, 2.05) is 13.1 Å². The van der Waals surface area contributed by atoms with E-state index in [2.05, 4.69) is 25.1 Å². The van der Waals surface area contributed by atoms with Crippen molar-refractivity contribution in [3.05, 3.63) is 6.07 Å². The minimum absolute atomic E-state index is 0.343. The zero-order valence-electron chi connectivity index (χ0n) is 12.9. The molecule has 0 aromatic carbocycles. The third kappa shape index (κ3) is 3.37. The second-order valence-corrected chi connectivity index (χ2v) is 6.03. The van der Waals surface area contributed by atoms with Gasteiger partial charge in [0.1, 0.15) is 11.6 Å². The molecule has 0 atom stereocenters. The Morgan fingerprint density at radius 2 is 1.81 bits per heavy atom. The minimum Gasteiger partial charge on any atom is -0.373 e. The SMILES string of the molecule is CNc1cc(N2CCC(N3CCCCC3)CC2)nc(N)n1. The highest BCUT2D eigenvalue weighted by Gasteiger charge is 2.26. The maximum absolute atomic E-state index is 5.79. The molecule has 2 aliphatic heterocycles. The second-order valence-electron chi connectivity index (χ2n) is 6.03. The highest BCUT2D eigenvalue weighted by Crippen LogP contribution is 2.25. The molecule has 6 heteroatoms. The number of likely N-dealkylation sites (tertiary alicyclic amines) is 1. The summed E-state index contributed by atoms with van der Waals surface area (Å²) in [4.78, 5) is 13.6. The number of hydrogen-bond acceptors (Lipinski definition) is 6. The number of aromatic nitrogens is 2. The van der Waals surface area contributed by atoms with E-state index in [4.69, 9.17) is 5.73 Å². The van der Waals surface area contributed by atoms with Crippen LogP contribution < -0.4 is 16.0 Å². The number of rotatable bonds is 3. The average molecular weight is 290 g/mol. The molecule has 2 saturated heterocycles. The van der Waals surface area contributed by atoms with Crippen molar-refractivity contribution in [2.75, 3.05) is 49.2 Å². The van der Waals surface area contributed by atoms with Crippen LogP contribution in [0.4, 0.5) is 17.6 Å². The van der Waals surface area contributed by atoms with E-state index in [0.29, 0.717) is 5.95 Å². The molecule has 1 aromatic rings. The molecule has 0 amide bonds. The van der Waals surface area contributed by atoms with Gasteiger partial charge in [-0.05, 0) is 38.8 Å². The smallest absolute Gasteiger partial charge is 0.223 e. The van der Waals surface area contributed by atoms with E-state index in [0.717, 1.165) is 30.8 Å². The molecule has 0 saturated carbocycles. The van der Waals surface area contributed by atoms with Crippen LogP contribution in [0.3, 0.4) is 0 Å². The van der Waals surface area contributed by atoms with Gasteiger partial charge in [-0.15, -0.1) is 0 Å². The Kier molecular flexibility index (Phi) is 4.43. The predicted molar refractivity (Wildman–Crippen MR) is 86.7 cm³/mol. The molecule has 1 aromatic heterocycles. The normalized spacial score (nSPS) is 21.5. The van der Waals surface area contributed by atoms with Crippen LogP contribution in [0.25, 0.3) is 0 Å². The molecule has 21 heavy (non-hydrogen) atoms. The van der Waals surface area contributed by atoms with Crippen LogP contribution in [0, 0.1) is 0 Å². The zero-order valence-corrected chi connectivity index (χ0v) is 12.9. The summed E-state index contributed by atoms with van der Waals surface area (Å²) in [5, 5.41) is 3.04. The Balaban J connectivity index is 1.61. The van der Waals surface area contributed by atoms with E-state index in [1.165, 1.54) is 45.2 Å². The first kappa shape index (κ1) is 14.4. The standard InChI is InChI=1S/C15H26N6/c1-17-13-11-14(19-15(16)18-13)21-9-5-12(6-10-21)20-7-3-2-4-8-20/h11-12H,2-10H2,1H3,(H3,16,17,18,19). The highest BCUT2D eigenvalue weighted by molar-refractivity contribution is 5.52. The van der Waals surface area contributed by atoms with Crippen molar-refractivity contribution < 1.29 is 0 Å². The molecule has 3 rings (SSSR count). The number of nitrogen functional groups attached to an aromatic ring is 1. The summed E-state index contributed by atoms with van der Waals surface area (Å²) in [5.74, 6) is 2.08. The molecule has 0 aliphatic carbocycles. The first-order chi connectivity index (χ1) is 10.3. The molecule has 0 radical (unpaired) electrons. The maximum Gasteiger partial charge on any atom is 0.223 e. The van der Waals surface area contributed by atoms with Gasteiger partial charge in [0, 0.05) is 32.2 Å². The monoisotopic (exact) mass is 290 g/mol. The summed E-state index contributed by atoms with van der Waals surface area (Å²) < 4.78 is 0. The second kappa shape index (κ2) is 6.47. The number of hydrogen-bond donors (Lipinski definition) is 2. The quantitative estimate of drug-likeness (QED) is 0.880. The summed E-state index contributed by atoms with van der Waals surface area (Å²) in [6.07, 6.45) is 6.59. The van der Waals surface area contributed by atoms with Crippen LogP contribution in [-0.4, -0.2) is 54.1 Å². The molecule has 3 N–H and O–H groups in total. The molecule has 116 valence electrons. The predicted octanol–water partition coefficient (Wildman–Crippen LogP) is 1.56. The fraction of sp³-hybridized carbons (Fsp3) is 0.733. The lowest BCUT2D eigenvalue weighted by Gasteiger charge is -2.40. The third-order valence-electron chi connectivity index (χ3n) is 4.68. The molecular weight excluding hydrogens is 264 g/mol. The van der Waals surface area contributed by atoms with Gasteiger partial charge in [0.05, 0.1) is 0 Å². The van der Waals surface area contributed by atoms with Crippen molar-refractivity contribution in [2.45, 2.75) is 38.1 Å². The van der Waals surface area contributed by atoms with E-state index in [1.54, 1.807) is 0 Å². The van der Waals surface area contributed by atoms with E-state index in [-0.39, 0.29) is 0 Å². The Morgan fingerprint density at radius 3 is 2.48 bits per heavy atom. The topological polar surface area (TPSA) is 70.3 Å². The Labute approximate surface area is 126 Å². The van der Waals surface area contributed by atoms with Crippen LogP contribution in [0.5, 0.6) is 0 Å². The maximum atomic E-state index is 5.79. The van der Waals surface area contributed by atoms with Crippen molar-refractivity contribution in [3.8, 4) is 0 Å². The zero-order chi connectivity index (χ0) is 14.7. The highest BCUT2D eigenvalue weighted by atomic mass is 15.2. The lowest BCUT2D eigenvalue weighted by Crippen LogP contribution is -2.47. The van der Waals surface area contributed by atoms with Gasteiger partial charge < -0.3 is 20.9 Å². The molecule has 2 aliphatic rings. The van der Waals surface area contributed by atoms with Gasteiger partial charge in [0.15, 0.2) is 0 Å². The van der Waals surface area contributed by atoms with Gasteiger partial charge in [0.2, 0.25) is 5.95 Å². The molecule has 3 heterocycles. The largest absolute Gasteiger partial charge is 0.373 e. The summed E-state index contributed by atoms with van der Waals surface area (Å²) in [7, 11) is 1.86. The minimum atomic E-state index is 0.343. The molecule has 6 nitrogen and oxygen atoms in total. The van der Waals surface area contributed by atoms with E-state index < -0.39 is 0 Å². The van der Waals surface area contributed by atoms with Gasteiger partial charge in [-0.1, -0.05) is 6.42 Å². The Hall–Kier alpha value is -1.56. The van der Waals surface area contributed by atoms with Gasteiger partial charge in [0.25, 0.3) is 0 Å². The van der Waals surface area contributed by atoms with Gasteiger partial charge in [-0.25, -0.2) is 0 Å². The van der Waals surface area contributed by atoms with Crippen molar-refractivity contribution in [2.24, 2.45) is 0 Å². The van der Waals surface area contributed by atoms with Crippen molar-refractivity contribution in [3.63, 3.8) is 0 Å². The van der Waals surface area contributed by atoms with Gasteiger partial charge >= 0.3 is 0 Å². The van der Waals surface area contributed by atoms with Crippen LogP contribution in [0.2, 0.25) is 0 Å². The lowest BCUT2D eigenvalue weighted by atomic mass is 10.00. The van der Waals surface area contributed by atoms with Gasteiger partial charge in [-0.3, -0.25) is 0 Å². The number of nitrogens with one attached hydrogen (secondary N) is 1. The van der Waals surface area contributed by atoms with E-state index >= 15 is 0 Å². The Bertz CT molecular complexity index is 463. The van der Waals surface area contributed by atoms with E-state index in [9.17, 15) is 0 Å². The van der Waals surface area contributed by atoms with Crippen LogP contribution >= 0.6 is 0 Å². The summed E-state index contributed by atoms with van der Waals surface area (Å²) in [6, 6.07) is 2.74. The van der Waals surface area contributed by atoms with Crippen molar-refractivity contribution in [1.82, 2.24) is 14.9 Å². The van der Waals surface area contributed by atoms with Crippen LogP contribution in [-0.2, 0) is 0 Å². The summed E-state index contributed by atoms with van der Waals surface area (Å²) >= 11 is 0. The number of piperidine rings is 2. The number of nitrogens with zero attached hydrogens (tertiary/aromatic N) is 4. The molecule has 0 unspecified atom stereocenters. The average Bonchev–Trinajstić information content (AvgIpc) is 2.55. The number of anilines is 3. The lowest BCUT2D eigenvalue weighted by molar-refractivity contribution is 0.141. The first-order valence-electron chi connectivity index (χ1n) is 8.07. The Morgan fingerprint density at radius 1 is 1.10 bits per heavy atom. The van der Waals surface area contributed by atoms with Crippen molar-refractivity contribution in [1.29, 1.82) is 0 Å². The molecule has 0 spiro atoms. The first-order valence-corrected chi connectivity index (χ1v) is 8.07. The fourth-order valence-electron chi connectivity index (χ4n) is 3.49. The molecule has 0 bridgehead atoms. The summed E-state index contributed by atoms with van der Waals surface area (Å²) in [5.41, 5.74) is 5.79. The molecule has 2 fully saturated rings. The van der Waals surface area contributed by atoms with Crippen molar-refractivity contribution >= 4 is 17.6 Å². The van der Waals surface area contributed by atoms with Crippen LogP contribution in [0.15, 0.2) is 6.07 Å². The van der Waals surface area contributed by atoms with Gasteiger partial charge in [-0.2, -0.15) is 9.97 Å². The fourth-order valence-corrected chi connectivity index (χ4v) is 3.49.